The topological polar surface area (TPSA) is 42.9 Å². The first kappa shape index (κ1) is 6.91. The summed E-state index contributed by atoms with van der Waals surface area (Å²) in [6, 6.07) is 7.06. The van der Waals surface area contributed by atoms with Crippen LogP contribution in [0.25, 0.3) is 11.0 Å². The molecular weight excluding hydrogens is 152 g/mol. The maximum Gasteiger partial charge on any atom is 0.168 e. The predicted molar refractivity (Wildman–Crippen MR) is 44.9 cm³/mol. The molecule has 58 valence electrons. The lowest BCUT2D eigenvalue weighted by Crippen LogP contribution is -1.87. The lowest BCUT2D eigenvalue weighted by molar-refractivity contribution is 0.111. The number of hydrogen-bond acceptors (Lipinski definition) is 3. The van der Waals surface area contributed by atoms with Crippen molar-refractivity contribution in [3.05, 3.63) is 36.2 Å². The molecule has 2 aromatic rings. The SMILES string of the molecule is O=Cc1ccc2ncccc2n1. The van der Waals surface area contributed by atoms with E-state index in [9.17, 15) is 4.79 Å². The molecule has 0 saturated carbocycles. The van der Waals surface area contributed by atoms with Crippen molar-refractivity contribution in [2.24, 2.45) is 0 Å². The van der Waals surface area contributed by atoms with Crippen LogP contribution < -0.4 is 0 Å². The third-order valence-electron chi connectivity index (χ3n) is 1.60. The molecule has 0 unspecified atom stereocenters. The van der Waals surface area contributed by atoms with E-state index < -0.39 is 0 Å². The first-order chi connectivity index (χ1) is 5.90. The molecule has 0 aromatic carbocycles. The van der Waals surface area contributed by atoms with Crippen LogP contribution >= 0.6 is 0 Å². The van der Waals surface area contributed by atoms with Gasteiger partial charge in [-0.25, -0.2) is 4.98 Å². The van der Waals surface area contributed by atoms with Gasteiger partial charge in [-0.3, -0.25) is 9.78 Å². The molecule has 0 bridgehead atoms. The normalized spacial score (nSPS) is 10.0. The summed E-state index contributed by atoms with van der Waals surface area (Å²) in [6.45, 7) is 0. The summed E-state index contributed by atoms with van der Waals surface area (Å²) >= 11 is 0. The molecule has 0 fully saturated rings. The Labute approximate surface area is 69.1 Å². The summed E-state index contributed by atoms with van der Waals surface area (Å²) in [5.74, 6) is 0. The van der Waals surface area contributed by atoms with E-state index in [1.807, 2.05) is 6.07 Å². The lowest BCUT2D eigenvalue weighted by atomic mass is 10.3. The second kappa shape index (κ2) is 2.70. The van der Waals surface area contributed by atoms with Crippen LogP contribution in [-0.2, 0) is 0 Å². The highest BCUT2D eigenvalue weighted by molar-refractivity contribution is 5.80. The van der Waals surface area contributed by atoms with Gasteiger partial charge in [0.1, 0.15) is 5.69 Å². The molecule has 2 rings (SSSR count). The first-order valence-electron chi connectivity index (χ1n) is 3.57. The van der Waals surface area contributed by atoms with Crippen molar-refractivity contribution >= 4 is 17.3 Å². The molecule has 2 heterocycles. The van der Waals surface area contributed by atoms with E-state index in [4.69, 9.17) is 0 Å². The fourth-order valence-corrected chi connectivity index (χ4v) is 1.04. The molecule has 0 spiro atoms. The minimum Gasteiger partial charge on any atom is -0.296 e. The minimum absolute atomic E-state index is 0.440. The highest BCUT2D eigenvalue weighted by Gasteiger charge is 1.95. The number of carbonyl (C=O) groups excluding carboxylic acids is 1. The van der Waals surface area contributed by atoms with Gasteiger partial charge in [-0.05, 0) is 24.3 Å². The number of hydrogen-bond donors (Lipinski definition) is 0. The smallest absolute Gasteiger partial charge is 0.168 e. The zero-order chi connectivity index (χ0) is 8.39. The van der Waals surface area contributed by atoms with E-state index in [0.29, 0.717) is 5.69 Å². The van der Waals surface area contributed by atoms with Crippen LogP contribution in [0.15, 0.2) is 30.5 Å². The Morgan fingerprint density at radius 2 is 2.08 bits per heavy atom. The average molecular weight is 158 g/mol. The van der Waals surface area contributed by atoms with Crippen molar-refractivity contribution in [1.29, 1.82) is 0 Å². The Hall–Kier alpha value is -1.77. The Bertz CT molecular complexity index is 426. The number of fused-ring (bicyclic) bond motifs is 1. The van der Waals surface area contributed by atoms with Gasteiger partial charge in [-0.2, -0.15) is 0 Å². The standard InChI is InChI=1S/C9H6N2O/c12-6-7-3-4-8-9(11-7)2-1-5-10-8/h1-6H. The van der Waals surface area contributed by atoms with Gasteiger partial charge in [0.05, 0.1) is 11.0 Å². The number of aldehydes is 1. The largest absolute Gasteiger partial charge is 0.296 e. The molecule has 12 heavy (non-hydrogen) atoms. The summed E-state index contributed by atoms with van der Waals surface area (Å²) in [6.07, 6.45) is 2.43. The number of nitrogens with zero attached hydrogens (tertiary/aromatic N) is 2. The van der Waals surface area contributed by atoms with Gasteiger partial charge >= 0.3 is 0 Å². The number of rotatable bonds is 1. The van der Waals surface area contributed by atoms with Crippen molar-refractivity contribution in [2.75, 3.05) is 0 Å². The molecule has 0 aliphatic carbocycles. The molecule has 3 nitrogen and oxygen atoms in total. The summed E-state index contributed by atoms with van der Waals surface area (Å²) < 4.78 is 0. The first-order valence-corrected chi connectivity index (χ1v) is 3.57. The molecule has 0 amide bonds. The Balaban J connectivity index is 2.75. The zero-order valence-electron chi connectivity index (χ0n) is 6.27. The highest BCUT2D eigenvalue weighted by Crippen LogP contribution is 2.07. The van der Waals surface area contributed by atoms with Gasteiger partial charge in [-0.1, -0.05) is 0 Å². The third-order valence-corrected chi connectivity index (χ3v) is 1.60. The highest BCUT2D eigenvalue weighted by atomic mass is 16.1. The van der Waals surface area contributed by atoms with Crippen LogP contribution in [0, 0.1) is 0 Å². The van der Waals surface area contributed by atoms with Gasteiger partial charge in [0.2, 0.25) is 0 Å². The molecule has 0 saturated heterocycles. The van der Waals surface area contributed by atoms with Gasteiger partial charge in [0, 0.05) is 6.20 Å². The van der Waals surface area contributed by atoms with E-state index in [-0.39, 0.29) is 0 Å². The predicted octanol–water partition coefficient (Wildman–Crippen LogP) is 1.44. The second-order valence-corrected chi connectivity index (χ2v) is 2.40. The van der Waals surface area contributed by atoms with Crippen LogP contribution in [0.3, 0.4) is 0 Å². The summed E-state index contributed by atoms with van der Waals surface area (Å²) in [5.41, 5.74) is 2.00. The zero-order valence-corrected chi connectivity index (χ0v) is 6.27. The van der Waals surface area contributed by atoms with E-state index in [1.165, 1.54) is 0 Å². The fourth-order valence-electron chi connectivity index (χ4n) is 1.04. The van der Waals surface area contributed by atoms with Crippen LogP contribution in [0.2, 0.25) is 0 Å². The van der Waals surface area contributed by atoms with Crippen LogP contribution in [0.5, 0.6) is 0 Å². The van der Waals surface area contributed by atoms with Gasteiger partial charge < -0.3 is 0 Å². The van der Waals surface area contributed by atoms with Crippen LogP contribution in [0.1, 0.15) is 10.5 Å². The lowest BCUT2D eigenvalue weighted by Gasteiger charge is -1.94. The average Bonchev–Trinajstić information content (AvgIpc) is 2.17. The maximum absolute atomic E-state index is 10.4. The molecular formula is C9H6N2O. The quantitative estimate of drug-likeness (QED) is 0.590. The van der Waals surface area contributed by atoms with E-state index in [0.717, 1.165) is 17.3 Å². The molecule has 2 aromatic heterocycles. The van der Waals surface area contributed by atoms with Gasteiger partial charge in [-0.15, -0.1) is 0 Å². The Kier molecular flexibility index (Phi) is 1.55. The maximum atomic E-state index is 10.4. The fraction of sp³-hybridized carbons (Fsp3) is 0. The van der Waals surface area contributed by atoms with E-state index >= 15 is 0 Å². The molecule has 0 radical (unpaired) electrons. The van der Waals surface area contributed by atoms with Crippen molar-refractivity contribution in [1.82, 2.24) is 9.97 Å². The van der Waals surface area contributed by atoms with E-state index in [2.05, 4.69) is 9.97 Å². The molecule has 0 aliphatic rings. The molecule has 0 aliphatic heterocycles. The van der Waals surface area contributed by atoms with Crippen molar-refractivity contribution in [3.63, 3.8) is 0 Å². The van der Waals surface area contributed by atoms with Crippen molar-refractivity contribution < 1.29 is 4.79 Å². The monoisotopic (exact) mass is 158 g/mol. The Morgan fingerprint density at radius 1 is 1.17 bits per heavy atom. The molecule has 0 atom stereocenters. The number of pyridine rings is 2. The van der Waals surface area contributed by atoms with Crippen LogP contribution in [-0.4, -0.2) is 16.3 Å². The van der Waals surface area contributed by atoms with E-state index in [1.54, 1.807) is 24.4 Å². The summed E-state index contributed by atoms with van der Waals surface area (Å²) in [4.78, 5) is 18.5. The van der Waals surface area contributed by atoms with Crippen molar-refractivity contribution in [3.8, 4) is 0 Å². The third kappa shape index (κ3) is 1.05. The molecule has 3 heteroatoms. The summed E-state index contributed by atoms with van der Waals surface area (Å²) in [7, 11) is 0. The number of aromatic nitrogens is 2. The van der Waals surface area contributed by atoms with Crippen LogP contribution in [0.4, 0.5) is 0 Å². The van der Waals surface area contributed by atoms with Gasteiger partial charge in [0.25, 0.3) is 0 Å². The second-order valence-electron chi connectivity index (χ2n) is 2.40. The minimum atomic E-state index is 0.440. The van der Waals surface area contributed by atoms with Gasteiger partial charge in [0.15, 0.2) is 6.29 Å². The van der Waals surface area contributed by atoms with Crippen molar-refractivity contribution in [2.45, 2.75) is 0 Å². The number of carbonyl (C=O) groups is 1. The molecule has 0 N–H and O–H groups in total. The summed E-state index contributed by atoms with van der Waals surface area (Å²) in [5, 5.41) is 0. The Morgan fingerprint density at radius 3 is 2.92 bits per heavy atom.